The monoisotopic (exact) mass is 192 g/mol. The van der Waals surface area contributed by atoms with Gasteiger partial charge in [0.05, 0.1) is 0 Å². The first-order chi connectivity index (χ1) is 6.83. The van der Waals surface area contributed by atoms with Crippen LogP contribution in [0.2, 0.25) is 0 Å². The highest BCUT2D eigenvalue weighted by Gasteiger charge is 1.70. The van der Waals surface area contributed by atoms with Gasteiger partial charge in [-0.25, -0.2) is 0 Å². The molecule has 0 radical (unpaired) electrons. The van der Waals surface area contributed by atoms with E-state index in [-0.39, 0.29) is 0 Å². The van der Waals surface area contributed by atoms with Crippen molar-refractivity contribution in [1.29, 1.82) is 0 Å². The molecule has 0 amide bonds. The number of allylic oxidation sites excluding steroid dienone is 7. The van der Waals surface area contributed by atoms with Crippen LogP contribution in [0.4, 0.5) is 0 Å². The van der Waals surface area contributed by atoms with Gasteiger partial charge in [0.2, 0.25) is 0 Å². The van der Waals surface area contributed by atoms with Crippen LogP contribution in [0.3, 0.4) is 0 Å². The molecule has 0 aromatic heterocycles. The molecule has 0 unspecified atom stereocenters. The van der Waals surface area contributed by atoms with Gasteiger partial charge < -0.3 is 0 Å². The lowest BCUT2D eigenvalue weighted by molar-refractivity contribution is 1.05. The molecule has 14 heavy (non-hydrogen) atoms. The molecule has 0 fully saturated rings. The van der Waals surface area contributed by atoms with Crippen molar-refractivity contribution >= 4 is 0 Å². The molecule has 0 heterocycles. The van der Waals surface area contributed by atoms with Crippen molar-refractivity contribution in [2.24, 2.45) is 0 Å². The zero-order chi connectivity index (χ0) is 11.1. The molecule has 0 aromatic rings. The first-order valence-electron chi connectivity index (χ1n) is 5.27. The molecule has 0 heteroatoms. The summed E-state index contributed by atoms with van der Waals surface area (Å²) in [7, 11) is 0. The molecule has 0 aromatic carbocycles. The minimum Gasteiger partial charge on any atom is -0.103 e. The van der Waals surface area contributed by atoms with E-state index in [2.05, 4.69) is 50.8 Å². The lowest BCUT2D eigenvalue weighted by Gasteiger charge is -1.81. The summed E-state index contributed by atoms with van der Waals surface area (Å²) in [4.78, 5) is 0. The maximum absolute atomic E-state index is 3.55. The van der Waals surface area contributed by atoms with Gasteiger partial charge in [-0.1, -0.05) is 42.5 Å². The molecular weight excluding hydrogens is 168 g/mol. The SMILES string of the molecule is C/C=C\CC/C=C\C.C=CC/C=C\C. The second-order valence-electron chi connectivity index (χ2n) is 2.81. The molecule has 0 saturated heterocycles. The van der Waals surface area contributed by atoms with E-state index in [1.165, 1.54) is 12.8 Å². The predicted molar refractivity (Wildman–Crippen MR) is 68.5 cm³/mol. The van der Waals surface area contributed by atoms with Crippen LogP contribution in [0, 0.1) is 0 Å². The summed E-state index contributed by atoms with van der Waals surface area (Å²) in [5.74, 6) is 0. The van der Waals surface area contributed by atoms with Crippen LogP contribution < -0.4 is 0 Å². The first kappa shape index (κ1) is 15.4. The maximum atomic E-state index is 3.55. The maximum Gasteiger partial charge on any atom is -0.0172 e. The summed E-state index contributed by atoms with van der Waals surface area (Å²) in [5, 5.41) is 0. The Hall–Kier alpha value is -1.04. The molecule has 0 nitrogen and oxygen atoms in total. The highest BCUT2D eigenvalue weighted by atomic mass is 13.8. The van der Waals surface area contributed by atoms with Crippen LogP contribution in [-0.2, 0) is 0 Å². The van der Waals surface area contributed by atoms with Gasteiger partial charge in [-0.05, 0) is 40.0 Å². The smallest absolute Gasteiger partial charge is 0.0172 e. The average Bonchev–Trinajstić information content (AvgIpc) is 2.22. The van der Waals surface area contributed by atoms with E-state index >= 15 is 0 Å². The fraction of sp³-hybridized carbons (Fsp3) is 0.429. The summed E-state index contributed by atoms with van der Waals surface area (Å²) < 4.78 is 0. The van der Waals surface area contributed by atoms with Gasteiger partial charge >= 0.3 is 0 Å². The Morgan fingerprint density at radius 3 is 1.43 bits per heavy atom. The predicted octanol–water partition coefficient (Wildman–Crippen LogP) is 5.06. The average molecular weight is 192 g/mol. The third-order valence-corrected chi connectivity index (χ3v) is 1.51. The van der Waals surface area contributed by atoms with E-state index in [4.69, 9.17) is 0 Å². The number of unbranched alkanes of at least 4 members (excludes halogenated alkanes) is 1. The Kier molecular flexibility index (Phi) is 19.7. The number of rotatable bonds is 5. The summed E-state index contributed by atoms with van der Waals surface area (Å²) in [6, 6.07) is 0. The lowest BCUT2D eigenvalue weighted by Crippen LogP contribution is -1.60. The summed E-state index contributed by atoms with van der Waals surface area (Å²) >= 11 is 0. The zero-order valence-electron chi connectivity index (χ0n) is 9.87. The molecular formula is C14H24. The van der Waals surface area contributed by atoms with Crippen LogP contribution in [0.25, 0.3) is 0 Å². The molecule has 0 saturated carbocycles. The third kappa shape index (κ3) is 22.4. The van der Waals surface area contributed by atoms with E-state index < -0.39 is 0 Å². The Labute approximate surface area is 89.7 Å². The van der Waals surface area contributed by atoms with Gasteiger partial charge in [0.15, 0.2) is 0 Å². The molecule has 0 aliphatic rings. The normalized spacial score (nSPS) is 10.8. The highest BCUT2D eigenvalue weighted by molar-refractivity contribution is 4.85. The van der Waals surface area contributed by atoms with E-state index in [1.807, 2.05) is 19.1 Å². The summed E-state index contributed by atoms with van der Waals surface area (Å²) in [5.41, 5.74) is 0. The van der Waals surface area contributed by atoms with E-state index in [1.54, 1.807) is 0 Å². The van der Waals surface area contributed by atoms with Crippen LogP contribution in [0.5, 0.6) is 0 Å². The Morgan fingerprint density at radius 2 is 1.21 bits per heavy atom. The highest BCUT2D eigenvalue weighted by Crippen LogP contribution is 1.91. The summed E-state index contributed by atoms with van der Waals surface area (Å²) in [6.07, 6.45) is 17.8. The van der Waals surface area contributed by atoms with Crippen LogP contribution in [0.15, 0.2) is 49.1 Å². The van der Waals surface area contributed by atoms with Crippen LogP contribution in [0.1, 0.15) is 40.0 Å². The molecule has 80 valence electrons. The standard InChI is InChI=1S/C8H14.C6H10/c1-3-5-7-8-6-4-2;1-3-5-6-4-2/h3-6H,7-8H2,1-2H3;3-4,6H,1,5H2,2H3/b5-3-,6-4-;6-4-. The van der Waals surface area contributed by atoms with Crippen molar-refractivity contribution in [3.05, 3.63) is 49.1 Å². The molecule has 0 aliphatic carbocycles. The second-order valence-corrected chi connectivity index (χ2v) is 2.81. The van der Waals surface area contributed by atoms with Gasteiger partial charge in [-0.15, -0.1) is 6.58 Å². The van der Waals surface area contributed by atoms with Crippen molar-refractivity contribution in [1.82, 2.24) is 0 Å². The lowest BCUT2D eigenvalue weighted by atomic mass is 10.3. The number of hydrogen-bond donors (Lipinski definition) is 0. The van der Waals surface area contributed by atoms with Crippen molar-refractivity contribution in [2.45, 2.75) is 40.0 Å². The molecule has 0 bridgehead atoms. The van der Waals surface area contributed by atoms with Crippen molar-refractivity contribution in [2.75, 3.05) is 0 Å². The van der Waals surface area contributed by atoms with Gasteiger partial charge in [-0.2, -0.15) is 0 Å². The van der Waals surface area contributed by atoms with Gasteiger partial charge in [0, 0.05) is 0 Å². The Morgan fingerprint density at radius 1 is 0.786 bits per heavy atom. The molecule has 0 N–H and O–H groups in total. The fourth-order valence-corrected chi connectivity index (χ4v) is 0.758. The fourth-order valence-electron chi connectivity index (χ4n) is 0.758. The van der Waals surface area contributed by atoms with Crippen LogP contribution >= 0.6 is 0 Å². The van der Waals surface area contributed by atoms with E-state index in [9.17, 15) is 0 Å². The minimum absolute atomic E-state index is 0.997. The largest absolute Gasteiger partial charge is 0.103 e. The quantitative estimate of drug-likeness (QED) is 0.422. The van der Waals surface area contributed by atoms with Gasteiger partial charge in [-0.3, -0.25) is 0 Å². The van der Waals surface area contributed by atoms with Gasteiger partial charge in [0.1, 0.15) is 0 Å². The molecule has 0 spiro atoms. The first-order valence-corrected chi connectivity index (χ1v) is 5.27. The number of hydrogen-bond acceptors (Lipinski definition) is 0. The second kappa shape index (κ2) is 17.9. The zero-order valence-corrected chi connectivity index (χ0v) is 9.87. The van der Waals surface area contributed by atoms with E-state index in [0.29, 0.717) is 0 Å². The van der Waals surface area contributed by atoms with Crippen molar-refractivity contribution < 1.29 is 0 Å². The summed E-state index contributed by atoms with van der Waals surface area (Å²) in [6.45, 7) is 9.65. The van der Waals surface area contributed by atoms with Crippen molar-refractivity contribution in [3.63, 3.8) is 0 Å². The Balaban J connectivity index is 0. The molecule has 0 aliphatic heterocycles. The minimum atomic E-state index is 0.997. The van der Waals surface area contributed by atoms with Crippen LogP contribution in [-0.4, -0.2) is 0 Å². The molecule has 0 rings (SSSR count). The third-order valence-electron chi connectivity index (χ3n) is 1.51. The Bertz CT molecular complexity index is 158. The topological polar surface area (TPSA) is 0 Å². The van der Waals surface area contributed by atoms with Gasteiger partial charge in [0.25, 0.3) is 0 Å². The van der Waals surface area contributed by atoms with E-state index in [0.717, 1.165) is 6.42 Å². The van der Waals surface area contributed by atoms with Crippen molar-refractivity contribution in [3.8, 4) is 0 Å². The molecule has 0 atom stereocenters.